The first-order valence-electron chi connectivity index (χ1n) is 9.91. The van der Waals surface area contributed by atoms with E-state index in [0.717, 1.165) is 29.9 Å². The van der Waals surface area contributed by atoms with Crippen LogP contribution in [0, 0.1) is 17.3 Å². The fourth-order valence-electron chi connectivity index (χ4n) is 6.77. The molecule has 2 fully saturated rings. The van der Waals surface area contributed by atoms with Gasteiger partial charge in [0.25, 0.3) is 0 Å². The lowest BCUT2D eigenvalue weighted by atomic mass is 9.53. The van der Waals surface area contributed by atoms with Gasteiger partial charge in [0.05, 0.1) is 12.7 Å². The lowest BCUT2D eigenvalue weighted by Gasteiger charge is -2.54. The van der Waals surface area contributed by atoms with Gasteiger partial charge >= 0.3 is 0 Å². The zero-order valence-electron chi connectivity index (χ0n) is 16.0. The molecule has 0 radical (unpaired) electrons. The van der Waals surface area contributed by atoms with Crippen LogP contribution >= 0.6 is 0 Å². The van der Waals surface area contributed by atoms with Crippen LogP contribution in [0.15, 0.2) is 30.9 Å². The minimum Gasteiger partial charge on any atom is -0.497 e. The molecule has 0 aliphatic heterocycles. The van der Waals surface area contributed by atoms with Gasteiger partial charge in [0.15, 0.2) is 0 Å². The first-order chi connectivity index (χ1) is 12.1. The van der Waals surface area contributed by atoms with E-state index < -0.39 is 0 Å². The van der Waals surface area contributed by atoms with Gasteiger partial charge in [0.2, 0.25) is 0 Å². The molecule has 1 aromatic rings. The summed E-state index contributed by atoms with van der Waals surface area (Å²) >= 11 is 0. The van der Waals surface area contributed by atoms with Gasteiger partial charge in [-0.25, -0.2) is 0 Å². The third-order valence-electron chi connectivity index (χ3n) is 8.09. The van der Waals surface area contributed by atoms with Crippen LogP contribution in [0.2, 0.25) is 0 Å². The number of rotatable bonds is 4. The van der Waals surface area contributed by atoms with Crippen LogP contribution in [0.3, 0.4) is 0 Å². The van der Waals surface area contributed by atoms with Gasteiger partial charge in [0.1, 0.15) is 5.75 Å². The predicted octanol–water partition coefficient (Wildman–Crippen LogP) is 5.51. The van der Waals surface area contributed by atoms with Gasteiger partial charge in [-0.05, 0) is 91.4 Å². The van der Waals surface area contributed by atoms with Crippen molar-refractivity contribution in [2.75, 3.05) is 14.2 Å². The minimum atomic E-state index is 0.00454. The Balaban J connectivity index is 1.67. The largest absolute Gasteiger partial charge is 0.497 e. The summed E-state index contributed by atoms with van der Waals surface area (Å²) in [7, 11) is 3.69. The summed E-state index contributed by atoms with van der Waals surface area (Å²) in [6.45, 7) is 6.53. The van der Waals surface area contributed by atoms with Crippen molar-refractivity contribution in [3.05, 3.63) is 42.0 Å². The molecule has 2 heteroatoms. The molecule has 2 saturated carbocycles. The zero-order valence-corrected chi connectivity index (χ0v) is 16.0. The van der Waals surface area contributed by atoms with Crippen molar-refractivity contribution in [1.82, 2.24) is 0 Å². The van der Waals surface area contributed by atoms with Crippen LogP contribution in [0.5, 0.6) is 5.75 Å². The third-order valence-corrected chi connectivity index (χ3v) is 8.09. The Bertz CT molecular complexity index is 666. The molecule has 0 spiro atoms. The fourth-order valence-corrected chi connectivity index (χ4v) is 6.77. The summed E-state index contributed by atoms with van der Waals surface area (Å²) in [4.78, 5) is 0. The molecular formula is C23H32O2. The van der Waals surface area contributed by atoms with Crippen molar-refractivity contribution in [2.45, 2.75) is 63.4 Å². The van der Waals surface area contributed by atoms with Gasteiger partial charge in [-0.1, -0.05) is 19.1 Å². The van der Waals surface area contributed by atoms with E-state index in [0.29, 0.717) is 5.41 Å². The molecule has 0 heterocycles. The Morgan fingerprint density at radius 1 is 1.20 bits per heavy atom. The maximum absolute atomic E-state index is 6.20. The van der Waals surface area contributed by atoms with E-state index in [1.54, 1.807) is 12.7 Å². The van der Waals surface area contributed by atoms with E-state index in [1.807, 2.05) is 7.11 Å². The molecule has 0 N–H and O–H groups in total. The Labute approximate surface area is 152 Å². The van der Waals surface area contributed by atoms with Crippen LogP contribution in [-0.4, -0.2) is 19.8 Å². The van der Waals surface area contributed by atoms with Crippen molar-refractivity contribution in [1.29, 1.82) is 0 Å². The topological polar surface area (TPSA) is 18.5 Å². The molecule has 3 aliphatic rings. The van der Waals surface area contributed by atoms with E-state index in [9.17, 15) is 0 Å². The molecule has 1 aromatic carbocycles. The van der Waals surface area contributed by atoms with Crippen molar-refractivity contribution >= 4 is 0 Å². The summed E-state index contributed by atoms with van der Waals surface area (Å²) in [5.41, 5.74) is 3.41. The first kappa shape index (κ1) is 17.1. The second-order valence-electron chi connectivity index (χ2n) is 8.67. The molecule has 0 amide bonds. The Morgan fingerprint density at radius 2 is 2.04 bits per heavy atom. The number of aryl methyl sites for hydroxylation is 1. The summed E-state index contributed by atoms with van der Waals surface area (Å²) in [5.74, 6) is 3.31. The zero-order chi connectivity index (χ0) is 17.7. The first-order valence-corrected chi connectivity index (χ1v) is 9.91. The molecule has 5 atom stereocenters. The molecule has 0 bridgehead atoms. The highest BCUT2D eigenvalue weighted by molar-refractivity contribution is 5.41. The number of methoxy groups -OCH3 is 2. The number of benzene rings is 1. The molecular weight excluding hydrogens is 308 g/mol. The predicted molar refractivity (Wildman–Crippen MR) is 102 cm³/mol. The highest BCUT2D eigenvalue weighted by Gasteiger charge is 2.61. The van der Waals surface area contributed by atoms with Gasteiger partial charge in [-0.2, -0.15) is 0 Å². The molecule has 0 unspecified atom stereocenters. The van der Waals surface area contributed by atoms with Crippen molar-refractivity contribution < 1.29 is 9.47 Å². The SMILES string of the molecule is C=CC[C@]1(OC)CC[C@H]2[C@@H]3CCc4cc(OC)ccc4[C@H]3CC[C@@]21C. The molecule has 4 rings (SSSR count). The highest BCUT2D eigenvalue weighted by Crippen LogP contribution is 2.66. The summed E-state index contributed by atoms with van der Waals surface area (Å²) in [6, 6.07) is 6.77. The number of hydrogen-bond acceptors (Lipinski definition) is 2. The molecule has 2 nitrogen and oxygen atoms in total. The van der Waals surface area contributed by atoms with Gasteiger partial charge in [-0.3, -0.25) is 0 Å². The summed E-state index contributed by atoms with van der Waals surface area (Å²) in [5, 5.41) is 0. The van der Waals surface area contributed by atoms with E-state index in [1.165, 1.54) is 44.1 Å². The number of fused-ring (bicyclic) bond motifs is 5. The Kier molecular flexibility index (Phi) is 4.22. The molecule has 0 aromatic heterocycles. The standard InChI is InChI=1S/C23H32O2/c1-5-12-23(25-4)14-11-21-20-8-6-16-15-17(24-3)7-9-18(16)19(20)10-13-22(21,23)2/h5,7,9,15,19-21H,1,6,8,10-14H2,2-4H3/t19-,20-,21+,22+,23+/m1/s1. The summed E-state index contributed by atoms with van der Waals surface area (Å²) in [6.07, 6.45) is 10.6. The smallest absolute Gasteiger partial charge is 0.119 e. The van der Waals surface area contributed by atoms with Crippen LogP contribution < -0.4 is 4.74 Å². The van der Waals surface area contributed by atoms with Gasteiger partial charge < -0.3 is 9.47 Å². The molecule has 3 aliphatic carbocycles. The average Bonchev–Trinajstić information content (AvgIpc) is 2.94. The van der Waals surface area contributed by atoms with Crippen LogP contribution in [-0.2, 0) is 11.2 Å². The van der Waals surface area contributed by atoms with Crippen molar-refractivity contribution in [3.8, 4) is 5.75 Å². The Morgan fingerprint density at radius 3 is 2.76 bits per heavy atom. The number of hydrogen-bond donors (Lipinski definition) is 0. The normalized spacial score (nSPS) is 39.2. The fraction of sp³-hybridized carbons (Fsp3) is 0.652. The molecule has 25 heavy (non-hydrogen) atoms. The second kappa shape index (κ2) is 6.16. The average molecular weight is 341 g/mol. The third kappa shape index (κ3) is 2.33. The van der Waals surface area contributed by atoms with Gasteiger partial charge in [-0.15, -0.1) is 6.58 Å². The lowest BCUT2D eigenvalue weighted by Crippen LogP contribution is -2.51. The lowest BCUT2D eigenvalue weighted by molar-refractivity contribution is -0.124. The highest BCUT2D eigenvalue weighted by atomic mass is 16.5. The monoisotopic (exact) mass is 340 g/mol. The minimum absolute atomic E-state index is 0.00454. The van der Waals surface area contributed by atoms with Crippen LogP contribution in [0.4, 0.5) is 0 Å². The Hall–Kier alpha value is -1.28. The summed E-state index contributed by atoms with van der Waals surface area (Å²) < 4.78 is 11.6. The van der Waals surface area contributed by atoms with Crippen LogP contribution in [0.1, 0.15) is 62.5 Å². The second-order valence-corrected chi connectivity index (χ2v) is 8.67. The van der Waals surface area contributed by atoms with E-state index in [4.69, 9.17) is 9.47 Å². The van der Waals surface area contributed by atoms with Crippen molar-refractivity contribution in [3.63, 3.8) is 0 Å². The number of ether oxygens (including phenoxy) is 2. The van der Waals surface area contributed by atoms with E-state index >= 15 is 0 Å². The molecule has 136 valence electrons. The van der Waals surface area contributed by atoms with E-state index in [2.05, 4.69) is 37.8 Å². The maximum atomic E-state index is 6.20. The van der Waals surface area contributed by atoms with Crippen LogP contribution in [0.25, 0.3) is 0 Å². The van der Waals surface area contributed by atoms with Gasteiger partial charge in [0, 0.05) is 7.11 Å². The quantitative estimate of drug-likeness (QED) is 0.673. The van der Waals surface area contributed by atoms with E-state index in [-0.39, 0.29) is 5.60 Å². The van der Waals surface area contributed by atoms with Crippen molar-refractivity contribution in [2.24, 2.45) is 17.3 Å². The molecule has 0 saturated heterocycles. The maximum Gasteiger partial charge on any atom is 0.119 e.